The molecule has 0 fully saturated rings. The van der Waals surface area contributed by atoms with Crippen molar-refractivity contribution in [1.82, 2.24) is 9.97 Å². The van der Waals surface area contributed by atoms with Crippen LogP contribution in [0, 0.1) is 0 Å². The predicted molar refractivity (Wildman–Crippen MR) is 93.0 cm³/mol. The summed E-state index contributed by atoms with van der Waals surface area (Å²) in [4.78, 5) is 9.33. The van der Waals surface area contributed by atoms with Gasteiger partial charge in [-0.25, -0.2) is 9.97 Å². The highest BCUT2D eigenvalue weighted by Crippen LogP contribution is 2.31. The van der Waals surface area contributed by atoms with Gasteiger partial charge in [-0.05, 0) is 40.4 Å². The second-order valence-electron chi connectivity index (χ2n) is 5.19. The van der Waals surface area contributed by atoms with E-state index in [1.165, 1.54) is 0 Å². The van der Waals surface area contributed by atoms with Crippen LogP contribution in [0.25, 0.3) is 11.4 Å². The molecule has 0 spiro atoms. The van der Waals surface area contributed by atoms with E-state index in [1.54, 1.807) is 0 Å². The SMILES string of the molecule is CCCNc1nc(-c2cccc(Cl)c2)nc(C(C)C)c1Br. The van der Waals surface area contributed by atoms with Crippen LogP contribution in [0.2, 0.25) is 5.02 Å². The Bertz CT molecular complexity index is 629. The summed E-state index contributed by atoms with van der Waals surface area (Å²) in [6.45, 7) is 7.25. The fourth-order valence-electron chi connectivity index (χ4n) is 1.96. The molecule has 0 amide bonds. The fourth-order valence-corrected chi connectivity index (χ4v) is 2.93. The minimum absolute atomic E-state index is 0.308. The van der Waals surface area contributed by atoms with E-state index in [4.69, 9.17) is 16.6 Å². The Kier molecular flexibility index (Phi) is 5.59. The van der Waals surface area contributed by atoms with Crippen LogP contribution in [0.4, 0.5) is 5.82 Å². The summed E-state index contributed by atoms with van der Waals surface area (Å²) < 4.78 is 0.941. The van der Waals surface area contributed by atoms with Crippen LogP contribution in [-0.4, -0.2) is 16.5 Å². The summed E-state index contributed by atoms with van der Waals surface area (Å²) in [6, 6.07) is 7.63. The molecule has 3 nitrogen and oxygen atoms in total. The maximum Gasteiger partial charge on any atom is 0.161 e. The molecule has 112 valence electrons. The number of benzene rings is 1. The summed E-state index contributed by atoms with van der Waals surface area (Å²) in [5, 5.41) is 4.04. The molecule has 0 unspecified atom stereocenters. The average molecular weight is 369 g/mol. The number of aromatic nitrogens is 2. The van der Waals surface area contributed by atoms with Gasteiger partial charge < -0.3 is 5.32 Å². The topological polar surface area (TPSA) is 37.8 Å². The van der Waals surface area contributed by atoms with E-state index in [0.29, 0.717) is 16.8 Å². The van der Waals surface area contributed by atoms with E-state index in [-0.39, 0.29) is 0 Å². The zero-order valence-corrected chi connectivity index (χ0v) is 14.8. The molecule has 0 saturated carbocycles. The molecule has 1 aromatic heterocycles. The lowest BCUT2D eigenvalue weighted by atomic mass is 10.1. The first-order chi connectivity index (χ1) is 10.0. The Hall–Kier alpha value is -1.13. The van der Waals surface area contributed by atoms with Gasteiger partial charge in [-0.2, -0.15) is 0 Å². The minimum Gasteiger partial charge on any atom is -0.369 e. The van der Waals surface area contributed by atoms with Gasteiger partial charge in [0.15, 0.2) is 5.82 Å². The third-order valence-electron chi connectivity index (χ3n) is 3.05. The van der Waals surface area contributed by atoms with Crippen LogP contribution in [0.1, 0.15) is 38.8 Å². The average Bonchev–Trinajstić information content (AvgIpc) is 2.46. The molecular formula is C16H19BrClN3. The summed E-state index contributed by atoms with van der Waals surface area (Å²) in [5.74, 6) is 1.84. The minimum atomic E-state index is 0.308. The van der Waals surface area contributed by atoms with Gasteiger partial charge in [0.05, 0.1) is 10.2 Å². The van der Waals surface area contributed by atoms with E-state index in [0.717, 1.165) is 34.5 Å². The van der Waals surface area contributed by atoms with Crippen molar-refractivity contribution in [3.63, 3.8) is 0 Å². The Morgan fingerprint density at radius 1 is 1.29 bits per heavy atom. The number of hydrogen-bond acceptors (Lipinski definition) is 3. The van der Waals surface area contributed by atoms with Crippen LogP contribution in [0.5, 0.6) is 0 Å². The van der Waals surface area contributed by atoms with Crippen molar-refractivity contribution in [2.75, 3.05) is 11.9 Å². The van der Waals surface area contributed by atoms with Crippen LogP contribution < -0.4 is 5.32 Å². The first kappa shape index (κ1) is 16.2. The molecule has 0 aliphatic rings. The number of anilines is 1. The number of hydrogen-bond donors (Lipinski definition) is 1. The Morgan fingerprint density at radius 2 is 2.05 bits per heavy atom. The molecule has 1 N–H and O–H groups in total. The van der Waals surface area contributed by atoms with Crippen molar-refractivity contribution in [3.05, 3.63) is 39.5 Å². The van der Waals surface area contributed by atoms with Gasteiger partial charge in [0, 0.05) is 17.1 Å². The van der Waals surface area contributed by atoms with Gasteiger partial charge in [0.1, 0.15) is 5.82 Å². The highest BCUT2D eigenvalue weighted by molar-refractivity contribution is 9.10. The van der Waals surface area contributed by atoms with Crippen molar-refractivity contribution in [1.29, 1.82) is 0 Å². The molecule has 0 atom stereocenters. The Labute approximate surface area is 139 Å². The zero-order chi connectivity index (χ0) is 15.4. The Balaban J connectivity index is 2.53. The third kappa shape index (κ3) is 3.95. The van der Waals surface area contributed by atoms with Crippen LogP contribution >= 0.6 is 27.5 Å². The monoisotopic (exact) mass is 367 g/mol. The molecule has 1 heterocycles. The molecular weight excluding hydrogens is 350 g/mol. The molecule has 2 rings (SSSR count). The van der Waals surface area contributed by atoms with Crippen LogP contribution in [-0.2, 0) is 0 Å². The van der Waals surface area contributed by atoms with Crippen molar-refractivity contribution in [2.45, 2.75) is 33.1 Å². The van der Waals surface area contributed by atoms with E-state index in [9.17, 15) is 0 Å². The molecule has 0 radical (unpaired) electrons. The van der Waals surface area contributed by atoms with E-state index in [2.05, 4.69) is 47.0 Å². The Morgan fingerprint density at radius 3 is 2.67 bits per heavy atom. The number of halogens is 2. The highest BCUT2D eigenvalue weighted by atomic mass is 79.9. The highest BCUT2D eigenvalue weighted by Gasteiger charge is 2.15. The second kappa shape index (κ2) is 7.23. The number of nitrogens with zero attached hydrogens (tertiary/aromatic N) is 2. The molecule has 0 saturated heterocycles. The first-order valence-electron chi connectivity index (χ1n) is 7.10. The summed E-state index contributed by atoms with van der Waals surface area (Å²) in [5.41, 5.74) is 1.93. The maximum absolute atomic E-state index is 6.07. The molecule has 0 aliphatic heterocycles. The van der Waals surface area contributed by atoms with Crippen LogP contribution in [0.15, 0.2) is 28.7 Å². The van der Waals surface area contributed by atoms with Crippen LogP contribution in [0.3, 0.4) is 0 Å². The summed E-state index contributed by atoms with van der Waals surface area (Å²) >= 11 is 9.69. The zero-order valence-electron chi connectivity index (χ0n) is 12.5. The second-order valence-corrected chi connectivity index (χ2v) is 6.42. The van der Waals surface area contributed by atoms with Gasteiger partial charge in [-0.3, -0.25) is 0 Å². The van der Waals surface area contributed by atoms with Crippen molar-refractivity contribution < 1.29 is 0 Å². The van der Waals surface area contributed by atoms with Gasteiger partial charge >= 0.3 is 0 Å². The largest absolute Gasteiger partial charge is 0.369 e. The van der Waals surface area contributed by atoms with Gasteiger partial charge in [0.25, 0.3) is 0 Å². The molecule has 0 aliphatic carbocycles. The lowest BCUT2D eigenvalue weighted by molar-refractivity contribution is 0.808. The lowest BCUT2D eigenvalue weighted by Crippen LogP contribution is -2.08. The van der Waals surface area contributed by atoms with Gasteiger partial charge in [0.2, 0.25) is 0 Å². The first-order valence-corrected chi connectivity index (χ1v) is 8.27. The molecule has 2 aromatic rings. The quantitative estimate of drug-likeness (QED) is 0.756. The lowest BCUT2D eigenvalue weighted by Gasteiger charge is -2.15. The third-order valence-corrected chi connectivity index (χ3v) is 4.07. The van der Waals surface area contributed by atoms with E-state index in [1.807, 2.05) is 24.3 Å². The molecule has 5 heteroatoms. The summed E-state index contributed by atoms with van der Waals surface area (Å²) in [7, 11) is 0. The van der Waals surface area contributed by atoms with Crippen molar-refractivity contribution in [2.24, 2.45) is 0 Å². The summed E-state index contributed by atoms with van der Waals surface area (Å²) in [6.07, 6.45) is 1.04. The predicted octanol–water partition coefficient (Wildman–Crippen LogP) is 5.50. The van der Waals surface area contributed by atoms with Crippen molar-refractivity contribution in [3.8, 4) is 11.4 Å². The fraction of sp³-hybridized carbons (Fsp3) is 0.375. The number of nitrogens with one attached hydrogen (secondary N) is 1. The normalized spacial score (nSPS) is 11.0. The van der Waals surface area contributed by atoms with Gasteiger partial charge in [-0.15, -0.1) is 0 Å². The standard InChI is InChI=1S/C16H19BrClN3/c1-4-8-19-16-13(17)14(10(2)3)20-15(21-16)11-6-5-7-12(18)9-11/h5-7,9-10H,4,8H2,1-3H3,(H,19,20,21). The van der Waals surface area contributed by atoms with E-state index < -0.39 is 0 Å². The van der Waals surface area contributed by atoms with E-state index >= 15 is 0 Å². The molecule has 21 heavy (non-hydrogen) atoms. The van der Waals surface area contributed by atoms with Gasteiger partial charge in [-0.1, -0.05) is 44.5 Å². The number of rotatable bonds is 5. The smallest absolute Gasteiger partial charge is 0.161 e. The maximum atomic E-state index is 6.07. The molecule has 1 aromatic carbocycles. The van der Waals surface area contributed by atoms with Crippen molar-refractivity contribution >= 4 is 33.3 Å². The molecule has 0 bridgehead atoms.